The van der Waals surface area contributed by atoms with Crippen LogP contribution in [0, 0.1) is 0 Å². The maximum Gasteiger partial charge on any atom is 0.332 e. The number of carboxylic acid groups (broad SMARTS) is 1. The van der Waals surface area contributed by atoms with E-state index in [1.807, 2.05) is 0 Å². The number of unbranched alkanes of at least 4 members (excludes halogenated alkanes) is 5. The Morgan fingerprint density at radius 1 is 1.31 bits per heavy atom. The standard InChI is InChI=1S/C10H20O3/c1-2-3-4-5-6-7-8-9(11)10(12)13/h9,11H,2-8H2,1H3,(H,12,13)/i11D. The van der Waals surface area contributed by atoms with Crippen LogP contribution in [0.2, 0.25) is 0 Å². The van der Waals surface area contributed by atoms with E-state index in [0.29, 0.717) is 6.42 Å². The van der Waals surface area contributed by atoms with Crippen LogP contribution in [0.25, 0.3) is 0 Å². The second-order valence-corrected chi connectivity index (χ2v) is 3.38. The normalized spacial score (nSPS) is 13.8. The molecule has 0 heterocycles. The third kappa shape index (κ3) is 7.78. The summed E-state index contributed by atoms with van der Waals surface area (Å²) in [5.74, 6) is -1.03. The first-order chi connectivity index (χ1) is 6.72. The van der Waals surface area contributed by atoms with Crippen LogP contribution in [0.15, 0.2) is 0 Å². The van der Waals surface area contributed by atoms with Crippen LogP contribution in [0.3, 0.4) is 0 Å². The summed E-state index contributed by atoms with van der Waals surface area (Å²) in [6.07, 6.45) is 6.21. The topological polar surface area (TPSA) is 57.5 Å². The number of carbonyl (C=O) groups is 1. The Bertz CT molecular complexity index is 150. The monoisotopic (exact) mass is 189 g/mol. The lowest BCUT2D eigenvalue weighted by Gasteiger charge is -2.04. The molecule has 1 atom stereocenters. The fourth-order valence-electron chi connectivity index (χ4n) is 1.23. The fraction of sp³-hybridized carbons (Fsp3) is 0.900. The van der Waals surface area contributed by atoms with Crippen molar-refractivity contribution in [1.29, 1.82) is 1.43 Å². The molecule has 3 nitrogen and oxygen atoms in total. The predicted molar refractivity (Wildman–Crippen MR) is 51.6 cm³/mol. The zero-order valence-electron chi connectivity index (χ0n) is 9.29. The molecule has 0 aliphatic rings. The summed E-state index contributed by atoms with van der Waals surface area (Å²) in [5, 5.41) is 12.7. The molecule has 0 aliphatic heterocycles. The molecule has 0 bridgehead atoms. The van der Waals surface area contributed by atoms with Crippen molar-refractivity contribution in [3.63, 3.8) is 0 Å². The van der Waals surface area contributed by atoms with Crippen molar-refractivity contribution < 1.29 is 15.0 Å². The van der Waals surface area contributed by atoms with Crippen molar-refractivity contribution >= 4 is 5.97 Å². The molecule has 0 rings (SSSR count). The van der Waals surface area contributed by atoms with Gasteiger partial charge in [0.05, 0.1) is 0 Å². The third-order valence-corrected chi connectivity index (χ3v) is 2.10. The molecule has 0 spiro atoms. The van der Waals surface area contributed by atoms with Crippen LogP contribution in [0.4, 0.5) is 0 Å². The number of carboxylic acids is 1. The molecule has 2 N–H and O–H groups in total. The van der Waals surface area contributed by atoms with Gasteiger partial charge in [0.2, 0.25) is 1.43 Å². The van der Waals surface area contributed by atoms with Gasteiger partial charge in [-0.05, 0) is 6.42 Å². The van der Waals surface area contributed by atoms with Gasteiger partial charge in [0.1, 0.15) is 0 Å². The SMILES string of the molecule is [2H]OC(CCCCCCCC)C(=O)O. The lowest BCUT2D eigenvalue weighted by Crippen LogP contribution is -2.18. The molecule has 0 aliphatic carbocycles. The molecular formula is C10H20O3. The quantitative estimate of drug-likeness (QED) is 0.546. The zero-order chi connectivity index (χ0) is 10.8. The summed E-state index contributed by atoms with van der Waals surface area (Å²) in [7, 11) is 0. The maximum atomic E-state index is 10.5. The average Bonchev–Trinajstić information content (AvgIpc) is 2.16. The molecule has 3 heteroatoms. The number of aliphatic carboxylic acids is 1. The molecule has 0 radical (unpaired) electrons. The Kier molecular flexibility index (Phi) is 6.51. The zero-order valence-corrected chi connectivity index (χ0v) is 8.29. The summed E-state index contributed by atoms with van der Waals surface area (Å²) in [5.41, 5.74) is 0. The Balaban J connectivity index is 3.29. The maximum absolute atomic E-state index is 10.5. The van der Waals surface area contributed by atoms with E-state index >= 15 is 0 Å². The van der Waals surface area contributed by atoms with E-state index in [1.165, 1.54) is 19.3 Å². The lowest BCUT2D eigenvalue weighted by atomic mass is 10.1. The molecule has 78 valence electrons. The fourth-order valence-corrected chi connectivity index (χ4v) is 1.23. The van der Waals surface area contributed by atoms with Crippen LogP contribution in [0.5, 0.6) is 0 Å². The summed E-state index contributed by atoms with van der Waals surface area (Å²) >= 11 is 0. The van der Waals surface area contributed by atoms with Crippen molar-refractivity contribution in [2.75, 3.05) is 0 Å². The van der Waals surface area contributed by atoms with E-state index in [-0.39, 0.29) is 0 Å². The molecule has 13 heavy (non-hydrogen) atoms. The second-order valence-electron chi connectivity index (χ2n) is 3.38. The Labute approximate surface area is 81.3 Å². The molecule has 0 aromatic carbocycles. The minimum atomic E-state index is -1.03. The van der Waals surface area contributed by atoms with Crippen LogP contribution in [-0.4, -0.2) is 23.7 Å². The van der Waals surface area contributed by atoms with Crippen LogP contribution in [-0.2, 0) is 4.79 Å². The number of aliphatic hydroxyl groups excluding tert-OH is 1. The van der Waals surface area contributed by atoms with Gasteiger partial charge in [-0.25, -0.2) is 4.79 Å². The molecule has 0 saturated carbocycles. The van der Waals surface area contributed by atoms with E-state index < -0.39 is 12.1 Å². The highest BCUT2D eigenvalue weighted by molar-refractivity contribution is 5.71. The second kappa shape index (κ2) is 8.05. The summed E-state index contributed by atoms with van der Waals surface area (Å²) in [6.45, 7) is 2.16. The third-order valence-electron chi connectivity index (χ3n) is 2.10. The van der Waals surface area contributed by atoms with Crippen molar-refractivity contribution in [3.05, 3.63) is 0 Å². The van der Waals surface area contributed by atoms with Crippen molar-refractivity contribution in [2.45, 2.75) is 58.0 Å². The van der Waals surface area contributed by atoms with Crippen LogP contribution >= 0.6 is 0 Å². The molecule has 0 saturated heterocycles. The van der Waals surface area contributed by atoms with E-state index in [1.54, 1.807) is 0 Å². The summed E-state index contributed by atoms with van der Waals surface area (Å²) in [6, 6.07) is 0. The highest BCUT2D eigenvalue weighted by atomic mass is 16.4. The number of hydrogen-bond donors (Lipinski definition) is 2. The Morgan fingerprint density at radius 3 is 2.46 bits per heavy atom. The van der Waals surface area contributed by atoms with E-state index in [2.05, 4.69) is 12.0 Å². The first-order valence-corrected chi connectivity index (χ1v) is 5.07. The van der Waals surface area contributed by atoms with Gasteiger partial charge in [-0.3, -0.25) is 0 Å². The Morgan fingerprint density at radius 2 is 1.92 bits per heavy atom. The minimum absolute atomic E-state index is 0.449. The number of hydrogen-bond acceptors (Lipinski definition) is 2. The molecular weight excluding hydrogens is 168 g/mol. The average molecular weight is 189 g/mol. The van der Waals surface area contributed by atoms with Gasteiger partial charge in [-0.2, -0.15) is 0 Å². The summed E-state index contributed by atoms with van der Waals surface area (Å²) in [4.78, 5) is 10.5. The number of rotatable bonds is 9. The van der Waals surface area contributed by atoms with Crippen LogP contribution in [0.1, 0.15) is 51.9 Å². The van der Waals surface area contributed by atoms with Gasteiger partial charge >= 0.3 is 5.97 Å². The smallest absolute Gasteiger partial charge is 0.332 e. The molecule has 0 amide bonds. The number of aliphatic hydroxyl groups is 1. The van der Waals surface area contributed by atoms with Crippen molar-refractivity contribution in [2.24, 2.45) is 0 Å². The molecule has 0 aromatic heterocycles. The van der Waals surface area contributed by atoms with E-state index in [9.17, 15) is 4.79 Å². The van der Waals surface area contributed by atoms with Gasteiger partial charge in [-0.1, -0.05) is 45.4 Å². The van der Waals surface area contributed by atoms with Crippen molar-refractivity contribution in [1.82, 2.24) is 0 Å². The van der Waals surface area contributed by atoms with E-state index in [0.717, 1.165) is 19.3 Å². The minimum Gasteiger partial charge on any atom is -0.479 e. The van der Waals surface area contributed by atoms with Gasteiger partial charge < -0.3 is 10.2 Å². The van der Waals surface area contributed by atoms with Gasteiger partial charge in [0.15, 0.2) is 6.10 Å². The van der Waals surface area contributed by atoms with Crippen molar-refractivity contribution in [3.8, 4) is 0 Å². The van der Waals surface area contributed by atoms with Crippen LogP contribution < -0.4 is 0 Å². The molecule has 0 aromatic rings. The first kappa shape index (κ1) is 10.5. The highest BCUT2D eigenvalue weighted by Gasteiger charge is 2.11. The van der Waals surface area contributed by atoms with Gasteiger partial charge in [0.25, 0.3) is 0 Å². The highest BCUT2D eigenvalue weighted by Crippen LogP contribution is 2.08. The van der Waals surface area contributed by atoms with Gasteiger partial charge in [0, 0.05) is 0 Å². The van der Waals surface area contributed by atoms with Gasteiger partial charge in [-0.15, -0.1) is 0 Å². The molecule has 0 fully saturated rings. The largest absolute Gasteiger partial charge is 0.479 e. The summed E-state index contributed by atoms with van der Waals surface area (Å²) < 4.78 is 6.56. The lowest BCUT2D eigenvalue weighted by molar-refractivity contribution is -0.146. The first-order valence-electron chi connectivity index (χ1n) is 5.48. The molecule has 1 unspecified atom stereocenters. The Hall–Kier alpha value is -0.570. The predicted octanol–water partition coefficient (Wildman–Crippen LogP) is 2.18. The van der Waals surface area contributed by atoms with E-state index in [4.69, 9.17) is 6.54 Å².